The summed E-state index contributed by atoms with van der Waals surface area (Å²) in [5, 5.41) is 5.60. The number of nitrogens with one attached hydrogen (secondary N) is 2. The van der Waals surface area contributed by atoms with Gasteiger partial charge in [-0.2, -0.15) is 4.31 Å². The normalized spacial score (nSPS) is 20.2. The summed E-state index contributed by atoms with van der Waals surface area (Å²) in [6.45, 7) is 5.95. The summed E-state index contributed by atoms with van der Waals surface area (Å²) in [5.74, 6) is 0. The van der Waals surface area contributed by atoms with Crippen LogP contribution < -0.4 is 10.6 Å². The fourth-order valence-corrected chi connectivity index (χ4v) is 5.82. The molecular formula is C22H29N3O3S. The standard InChI is InChI=1S/C22H29N3O3S/c1-4-18-10-5-6-11-21(18)24-22(26)23-19-12-14-20(15-13-19)29(27,28)25-16(2)8-7-9-17(25)3/h5-6,10-17H,4,7-9H2,1-3H3,(H2,23,24,26)/t16-,17-/m0/s1. The van der Waals surface area contributed by atoms with Crippen molar-refractivity contribution in [2.45, 2.75) is 63.4 Å². The quantitative estimate of drug-likeness (QED) is 0.733. The first-order valence-electron chi connectivity index (χ1n) is 10.1. The molecule has 1 aliphatic rings. The van der Waals surface area contributed by atoms with E-state index in [-0.39, 0.29) is 23.0 Å². The van der Waals surface area contributed by atoms with Gasteiger partial charge in [0.05, 0.1) is 4.90 Å². The first-order valence-corrected chi connectivity index (χ1v) is 11.6. The SMILES string of the molecule is CCc1ccccc1NC(=O)Nc1ccc(S(=O)(=O)N2[C@@H](C)CCC[C@@H]2C)cc1. The van der Waals surface area contributed by atoms with Gasteiger partial charge in [0.25, 0.3) is 0 Å². The molecule has 0 unspecified atom stereocenters. The van der Waals surface area contributed by atoms with Gasteiger partial charge in [-0.15, -0.1) is 0 Å². The number of aryl methyl sites for hydroxylation is 1. The van der Waals surface area contributed by atoms with Crippen LogP contribution in [0.5, 0.6) is 0 Å². The molecule has 2 atom stereocenters. The highest BCUT2D eigenvalue weighted by Crippen LogP contribution is 2.30. The summed E-state index contributed by atoms with van der Waals surface area (Å²) in [7, 11) is -3.56. The average molecular weight is 416 g/mol. The van der Waals surface area contributed by atoms with Crippen LogP contribution >= 0.6 is 0 Å². The van der Waals surface area contributed by atoms with Crippen LogP contribution in [0.25, 0.3) is 0 Å². The van der Waals surface area contributed by atoms with Crippen molar-refractivity contribution in [1.29, 1.82) is 0 Å². The van der Waals surface area contributed by atoms with Crippen molar-refractivity contribution < 1.29 is 13.2 Å². The predicted molar refractivity (Wildman–Crippen MR) is 117 cm³/mol. The number of benzene rings is 2. The Morgan fingerprint density at radius 1 is 1.00 bits per heavy atom. The van der Waals surface area contributed by atoms with Gasteiger partial charge in [-0.3, -0.25) is 0 Å². The highest BCUT2D eigenvalue weighted by atomic mass is 32.2. The third-order valence-electron chi connectivity index (χ3n) is 5.45. The van der Waals surface area contributed by atoms with Gasteiger partial charge in [-0.05, 0) is 69.0 Å². The van der Waals surface area contributed by atoms with Crippen molar-refractivity contribution in [3.8, 4) is 0 Å². The number of hydrogen-bond donors (Lipinski definition) is 2. The van der Waals surface area contributed by atoms with Gasteiger partial charge in [-0.25, -0.2) is 13.2 Å². The number of anilines is 2. The highest BCUT2D eigenvalue weighted by Gasteiger charge is 2.35. The maximum absolute atomic E-state index is 13.1. The van der Waals surface area contributed by atoms with Gasteiger partial charge in [0.15, 0.2) is 0 Å². The zero-order valence-corrected chi connectivity index (χ0v) is 18.0. The van der Waals surface area contributed by atoms with Crippen LogP contribution in [0.1, 0.15) is 45.6 Å². The van der Waals surface area contributed by atoms with Gasteiger partial charge in [-0.1, -0.05) is 31.5 Å². The predicted octanol–water partition coefficient (Wildman–Crippen LogP) is 4.84. The van der Waals surface area contributed by atoms with E-state index < -0.39 is 10.0 Å². The van der Waals surface area contributed by atoms with E-state index in [1.807, 2.05) is 45.0 Å². The molecule has 2 amide bonds. The molecule has 0 spiro atoms. The van der Waals surface area contributed by atoms with Gasteiger partial charge in [0.1, 0.15) is 0 Å². The Kier molecular flexibility index (Phi) is 6.59. The average Bonchev–Trinajstić information content (AvgIpc) is 2.68. The van der Waals surface area contributed by atoms with Crippen LogP contribution in [0, 0.1) is 0 Å². The minimum absolute atomic E-state index is 0.00837. The molecule has 2 aromatic rings. The first kappa shape index (κ1) is 21.3. The molecule has 2 N–H and O–H groups in total. The van der Waals surface area contributed by atoms with Crippen LogP contribution in [0.15, 0.2) is 53.4 Å². The molecule has 0 radical (unpaired) electrons. The Bertz CT molecular complexity index is 948. The molecule has 0 saturated carbocycles. The van der Waals surface area contributed by atoms with Crippen LogP contribution in [-0.2, 0) is 16.4 Å². The molecule has 0 bridgehead atoms. The highest BCUT2D eigenvalue weighted by molar-refractivity contribution is 7.89. The lowest BCUT2D eigenvalue weighted by Crippen LogP contribution is -2.47. The minimum atomic E-state index is -3.56. The van der Waals surface area contributed by atoms with Crippen LogP contribution in [-0.4, -0.2) is 30.8 Å². The van der Waals surface area contributed by atoms with Crippen molar-refractivity contribution >= 4 is 27.4 Å². The van der Waals surface area contributed by atoms with Crippen molar-refractivity contribution in [1.82, 2.24) is 4.31 Å². The number of para-hydroxylation sites is 1. The van der Waals surface area contributed by atoms with Gasteiger partial charge < -0.3 is 10.6 Å². The summed E-state index contributed by atoms with van der Waals surface area (Å²) in [5.41, 5.74) is 2.35. The fraction of sp³-hybridized carbons (Fsp3) is 0.409. The van der Waals surface area contributed by atoms with E-state index in [1.54, 1.807) is 28.6 Å². The molecule has 1 fully saturated rings. The Balaban J connectivity index is 1.70. The monoisotopic (exact) mass is 415 g/mol. The van der Waals surface area contributed by atoms with E-state index >= 15 is 0 Å². The Morgan fingerprint density at radius 2 is 1.62 bits per heavy atom. The number of carbonyl (C=O) groups is 1. The van der Waals surface area contributed by atoms with E-state index in [9.17, 15) is 13.2 Å². The summed E-state index contributed by atoms with van der Waals surface area (Å²) in [4.78, 5) is 12.6. The molecule has 7 heteroatoms. The largest absolute Gasteiger partial charge is 0.323 e. The molecule has 156 valence electrons. The molecule has 0 aliphatic carbocycles. The lowest BCUT2D eigenvalue weighted by atomic mass is 10.0. The molecule has 1 heterocycles. The maximum Gasteiger partial charge on any atom is 0.323 e. The third kappa shape index (κ3) is 4.79. The third-order valence-corrected chi connectivity index (χ3v) is 7.59. The summed E-state index contributed by atoms with van der Waals surface area (Å²) in [6, 6.07) is 13.6. The number of amides is 2. The molecule has 1 aliphatic heterocycles. The minimum Gasteiger partial charge on any atom is -0.308 e. The van der Waals surface area contributed by atoms with E-state index in [1.165, 1.54) is 0 Å². The summed E-state index contributed by atoms with van der Waals surface area (Å²) in [6.07, 6.45) is 3.62. The van der Waals surface area contributed by atoms with Crippen molar-refractivity contribution in [3.05, 3.63) is 54.1 Å². The second kappa shape index (κ2) is 8.97. The zero-order valence-electron chi connectivity index (χ0n) is 17.2. The molecule has 3 rings (SSSR count). The number of hydrogen-bond acceptors (Lipinski definition) is 3. The van der Waals surface area contributed by atoms with Gasteiger partial charge in [0, 0.05) is 23.5 Å². The molecule has 6 nitrogen and oxygen atoms in total. The Hall–Kier alpha value is -2.38. The zero-order chi connectivity index (χ0) is 21.0. The number of nitrogens with zero attached hydrogens (tertiary/aromatic N) is 1. The maximum atomic E-state index is 13.1. The molecular weight excluding hydrogens is 386 g/mol. The number of urea groups is 1. The van der Waals surface area contributed by atoms with Crippen LogP contribution in [0.2, 0.25) is 0 Å². The van der Waals surface area contributed by atoms with Crippen LogP contribution in [0.4, 0.5) is 16.2 Å². The fourth-order valence-electron chi connectivity index (χ4n) is 3.94. The van der Waals surface area contributed by atoms with Crippen molar-refractivity contribution in [2.24, 2.45) is 0 Å². The molecule has 1 saturated heterocycles. The molecule has 29 heavy (non-hydrogen) atoms. The number of rotatable bonds is 5. The number of piperidine rings is 1. The topological polar surface area (TPSA) is 78.5 Å². The van der Waals surface area contributed by atoms with E-state index in [0.717, 1.165) is 36.9 Å². The molecule has 2 aromatic carbocycles. The summed E-state index contributed by atoms with van der Waals surface area (Å²) < 4.78 is 27.8. The number of carbonyl (C=O) groups excluding carboxylic acids is 1. The van der Waals surface area contributed by atoms with E-state index in [0.29, 0.717) is 5.69 Å². The second-order valence-corrected chi connectivity index (χ2v) is 9.42. The lowest BCUT2D eigenvalue weighted by molar-refractivity contribution is 0.204. The van der Waals surface area contributed by atoms with Crippen LogP contribution in [0.3, 0.4) is 0 Å². The molecule has 0 aromatic heterocycles. The smallest absolute Gasteiger partial charge is 0.308 e. The first-order chi connectivity index (χ1) is 13.8. The Labute approximate surface area is 173 Å². The van der Waals surface area contributed by atoms with Crippen molar-refractivity contribution in [2.75, 3.05) is 10.6 Å². The Morgan fingerprint density at radius 3 is 2.24 bits per heavy atom. The van der Waals surface area contributed by atoms with Gasteiger partial charge in [0.2, 0.25) is 10.0 Å². The second-order valence-electron chi connectivity index (χ2n) is 7.58. The van der Waals surface area contributed by atoms with Gasteiger partial charge >= 0.3 is 6.03 Å². The van der Waals surface area contributed by atoms with E-state index in [4.69, 9.17) is 0 Å². The summed E-state index contributed by atoms with van der Waals surface area (Å²) >= 11 is 0. The lowest BCUT2D eigenvalue weighted by Gasteiger charge is -2.37. The number of sulfonamides is 1. The van der Waals surface area contributed by atoms with Crippen molar-refractivity contribution in [3.63, 3.8) is 0 Å². The van der Waals surface area contributed by atoms with E-state index in [2.05, 4.69) is 10.6 Å².